The molecular weight excluding hydrogens is 579 g/mol. The second-order valence-corrected chi connectivity index (χ2v) is 13.6. The summed E-state index contributed by atoms with van der Waals surface area (Å²) in [4.78, 5) is 63.4. The van der Waals surface area contributed by atoms with E-state index in [1.165, 1.54) is 0 Å². The van der Waals surface area contributed by atoms with Gasteiger partial charge in [-0.2, -0.15) is 13.2 Å². The molecule has 4 rings (SSSR count). The molecule has 0 radical (unpaired) electrons. The lowest BCUT2D eigenvalue weighted by atomic mass is 9.44. The molecule has 0 aliphatic heterocycles. The van der Waals surface area contributed by atoms with E-state index in [1.807, 2.05) is 13.8 Å². The van der Waals surface area contributed by atoms with E-state index in [2.05, 4.69) is 11.7 Å². The fourth-order valence-electron chi connectivity index (χ4n) is 8.87. The smallest absolute Gasteiger partial charge is 0.431 e. The molecule has 12 heteroatoms. The predicted molar refractivity (Wildman–Crippen MR) is 142 cm³/mol. The fourth-order valence-corrected chi connectivity index (χ4v) is 8.87. The molecule has 0 bridgehead atoms. The van der Waals surface area contributed by atoms with Crippen LogP contribution < -0.4 is 0 Å². The molecule has 0 aromatic rings. The van der Waals surface area contributed by atoms with Gasteiger partial charge in [0.2, 0.25) is 0 Å². The highest BCUT2D eigenvalue weighted by atomic mass is 19.4. The van der Waals surface area contributed by atoms with Crippen molar-refractivity contribution >= 4 is 29.3 Å². The maximum absolute atomic E-state index is 13.9. The SMILES string of the molecule is C[C@H](CCC(=O)OCCCC(=O)OC(C(F)F)C(F)(F)F)[C@H]1CC[C@H]2[C@@H]3C(=O)C[C@@H]4CC(=O)CC[C@]4(C)[C@H]3CC(=O)[C@]12C. The third-order valence-corrected chi connectivity index (χ3v) is 11.3. The Morgan fingerprint density at radius 2 is 1.67 bits per heavy atom. The van der Waals surface area contributed by atoms with Crippen LogP contribution in [-0.2, 0) is 33.4 Å². The van der Waals surface area contributed by atoms with Crippen LogP contribution in [-0.4, -0.2) is 54.6 Å². The Balaban J connectivity index is 1.28. The molecule has 0 spiro atoms. The zero-order valence-electron chi connectivity index (χ0n) is 24.9. The molecule has 7 nitrogen and oxygen atoms in total. The summed E-state index contributed by atoms with van der Waals surface area (Å²) in [5, 5.41) is 0. The molecule has 4 fully saturated rings. The summed E-state index contributed by atoms with van der Waals surface area (Å²) in [7, 11) is 0. The van der Waals surface area contributed by atoms with E-state index in [0.717, 1.165) is 12.8 Å². The number of carbonyl (C=O) groups excluding carboxylic acids is 5. The summed E-state index contributed by atoms with van der Waals surface area (Å²) in [5.41, 5.74) is -0.878. The molecule has 0 aromatic carbocycles. The summed E-state index contributed by atoms with van der Waals surface area (Å²) in [6.45, 7) is 5.83. The molecular formula is C31H41F5O7. The van der Waals surface area contributed by atoms with Crippen molar-refractivity contribution in [2.75, 3.05) is 6.61 Å². The van der Waals surface area contributed by atoms with E-state index in [4.69, 9.17) is 4.74 Å². The maximum atomic E-state index is 13.9. The second-order valence-electron chi connectivity index (χ2n) is 13.6. The summed E-state index contributed by atoms with van der Waals surface area (Å²) < 4.78 is 71.5. The van der Waals surface area contributed by atoms with Crippen molar-refractivity contribution in [3.63, 3.8) is 0 Å². The molecule has 4 aliphatic rings. The molecule has 0 N–H and O–H groups in total. The van der Waals surface area contributed by atoms with Crippen LogP contribution >= 0.6 is 0 Å². The minimum atomic E-state index is -5.39. The number of halogens is 5. The number of esters is 2. The number of fused-ring (bicyclic) bond motifs is 5. The largest absolute Gasteiger partial charge is 0.466 e. The van der Waals surface area contributed by atoms with E-state index in [-0.39, 0.29) is 77.7 Å². The van der Waals surface area contributed by atoms with Gasteiger partial charge >= 0.3 is 18.1 Å². The Labute approximate surface area is 248 Å². The highest BCUT2D eigenvalue weighted by Crippen LogP contribution is 2.66. The van der Waals surface area contributed by atoms with Crippen LogP contribution in [0.3, 0.4) is 0 Å². The zero-order chi connectivity index (χ0) is 31.9. The van der Waals surface area contributed by atoms with Gasteiger partial charge in [-0.05, 0) is 67.1 Å². The van der Waals surface area contributed by atoms with Gasteiger partial charge in [0.1, 0.15) is 17.3 Å². The molecule has 1 unspecified atom stereocenters. The monoisotopic (exact) mass is 620 g/mol. The lowest BCUT2D eigenvalue weighted by Crippen LogP contribution is -2.60. The lowest BCUT2D eigenvalue weighted by Gasteiger charge is -2.58. The molecule has 9 atom stereocenters. The first-order chi connectivity index (χ1) is 20.0. The van der Waals surface area contributed by atoms with Crippen LogP contribution in [0.4, 0.5) is 22.0 Å². The van der Waals surface area contributed by atoms with Crippen LogP contribution in [0.25, 0.3) is 0 Å². The quantitative estimate of drug-likeness (QED) is 0.166. The number of hydrogen-bond acceptors (Lipinski definition) is 7. The first kappa shape index (κ1) is 33.5. The minimum Gasteiger partial charge on any atom is -0.466 e. The highest BCUT2D eigenvalue weighted by Gasteiger charge is 2.66. The molecule has 0 amide bonds. The van der Waals surface area contributed by atoms with Gasteiger partial charge in [0.15, 0.2) is 0 Å². The van der Waals surface area contributed by atoms with Crippen molar-refractivity contribution < 1.29 is 55.4 Å². The van der Waals surface area contributed by atoms with E-state index in [1.54, 1.807) is 0 Å². The van der Waals surface area contributed by atoms with Gasteiger partial charge in [-0.1, -0.05) is 20.8 Å². The average Bonchev–Trinajstić information content (AvgIpc) is 3.27. The summed E-state index contributed by atoms with van der Waals surface area (Å²) >= 11 is 0. The van der Waals surface area contributed by atoms with Gasteiger partial charge in [-0.25, -0.2) is 8.78 Å². The normalized spacial score (nSPS) is 35.6. The van der Waals surface area contributed by atoms with Gasteiger partial charge in [0.25, 0.3) is 12.5 Å². The van der Waals surface area contributed by atoms with Crippen LogP contribution in [0.1, 0.15) is 91.4 Å². The Morgan fingerprint density at radius 3 is 2.33 bits per heavy atom. The number of carbonyl (C=O) groups is 5. The zero-order valence-corrected chi connectivity index (χ0v) is 24.9. The number of rotatable bonds is 10. The van der Waals surface area contributed by atoms with Gasteiger partial charge in [0.05, 0.1) is 6.61 Å². The third-order valence-electron chi connectivity index (χ3n) is 11.3. The van der Waals surface area contributed by atoms with Crippen molar-refractivity contribution in [2.24, 2.45) is 46.3 Å². The van der Waals surface area contributed by atoms with Crippen LogP contribution in [0.2, 0.25) is 0 Å². The van der Waals surface area contributed by atoms with Crippen LogP contribution in [0.5, 0.6) is 0 Å². The number of alkyl halides is 5. The molecule has 242 valence electrons. The van der Waals surface area contributed by atoms with Gasteiger partial charge in [0, 0.05) is 49.9 Å². The molecule has 43 heavy (non-hydrogen) atoms. The minimum absolute atomic E-state index is 0.00174. The van der Waals surface area contributed by atoms with E-state index < -0.39 is 42.5 Å². The summed E-state index contributed by atoms with van der Waals surface area (Å²) in [6.07, 6.45) is -9.29. The molecule has 0 saturated heterocycles. The lowest BCUT2D eigenvalue weighted by molar-refractivity contribution is -0.249. The third kappa shape index (κ3) is 6.53. The van der Waals surface area contributed by atoms with Crippen LogP contribution in [0.15, 0.2) is 0 Å². The predicted octanol–water partition coefficient (Wildman–Crippen LogP) is 6.05. The Morgan fingerprint density at radius 1 is 0.977 bits per heavy atom. The van der Waals surface area contributed by atoms with Crippen molar-refractivity contribution in [3.8, 4) is 0 Å². The molecule has 0 heterocycles. The van der Waals surface area contributed by atoms with Crippen molar-refractivity contribution in [2.45, 2.75) is 110 Å². The Kier molecular flexibility index (Phi) is 9.77. The van der Waals surface area contributed by atoms with E-state index in [0.29, 0.717) is 38.5 Å². The fraction of sp³-hybridized carbons (Fsp3) is 0.839. The summed E-state index contributed by atoms with van der Waals surface area (Å²) in [6, 6.07) is 0. The van der Waals surface area contributed by atoms with Crippen molar-refractivity contribution in [3.05, 3.63) is 0 Å². The van der Waals surface area contributed by atoms with E-state index in [9.17, 15) is 45.9 Å². The first-order valence-corrected chi connectivity index (χ1v) is 15.3. The average molecular weight is 621 g/mol. The number of ketones is 3. The Hall–Kier alpha value is -2.40. The second kappa shape index (κ2) is 12.5. The molecule has 4 aliphatic carbocycles. The Bertz CT molecular complexity index is 1120. The maximum Gasteiger partial charge on any atom is 0.431 e. The summed E-state index contributed by atoms with van der Waals surface area (Å²) in [5.74, 6) is -1.87. The van der Waals surface area contributed by atoms with Crippen molar-refractivity contribution in [1.82, 2.24) is 0 Å². The molecule has 4 saturated carbocycles. The first-order valence-electron chi connectivity index (χ1n) is 15.3. The van der Waals surface area contributed by atoms with Crippen LogP contribution in [0, 0.1) is 46.3 Å². The van der Waals surface area contributed by atoms with Gasteiger partial charge in [-0.3, -0.25) is 24.0 Å². The number of Topliss-reactive ketones (excluding diaryl/α,β-unsaturated/α-hetero) is 3. The van der Waals surface area contributed by atoms with Crippen molar-refractivity contribution in [1.29, 1.82) is 0 Å². The standard InChI is InChI=1S/C31H41F5O7/c1-16(6-9-24(40)42-12-4-5-25(41)43-27(28(32)33)31(34,35)36)19-7-8-20-26-21(15-23(39)30(19,20)3)29(2)11-10-18(37)13-17(29)14-22(26)38/h16-17,19-21,26-28H,4-15H2,1-3H3/t16-,17+,19-,20+,21+,26+,27?,29+,30-/m1/s1. The number of hydrogen-bond donors (Lipinski definition) is 0. The topological polar surface area (TPSA) is 104 Å². The highest BCUT2D eigenvalue weighted by molar-refractivity contribution is 5.93. The van der Waals surface area contributed by atoms with E-state index >= 15 is 0 Å². The molecule has 0 aromatic heterocycles. The number of ether oxygens (including phenoxy) is 2. The van der Waals surface area contributed by atoms with Gasteiger partial charge < -0.3 is 9.47 Å². The van der Waals surface area contributed by atoms with Gasteiger partial charge in [-0.15, -0.1) is 0 Å².